The van der Waals surface area contributed by atoms with E-state index in [9.17, 15) is 9.59 Å². The summed E-state index contributed by atoms with van der Waals surface area (Å²) in [7, 11) is 0. The summed E-state index contributed by atoms with van der Waals surface area (Å²) < 4.78 is 0. The normalized spacial score (nSPS) is 10.6. The van der Waals surface area contributed by atoms with Crippen LogP contribution < -0.4 is 0 Å². The summed E-state index contributed by atoms with van der Waals surface area (Å²) in [6, 6.07) is 2.39. The zero-order chi connectivity index (χ0) is 12.3. The smallest absolute Gasteiger partial charge is 0.337 e. The Hall–Kier alpha value is -1.81. The molecule has 1 rings (SSSR count). The number of hydrogen-bond donors (Lipinski definition) is 2. The van der Waals surface area contributed by atoms with Gasteiger partial charge in [0.2, 0.25) is 0 Å². The van der Waals surface area contributed by atoms with E-state index in [1.165, 1.54) is 12.1 Å². The van der Waals surface area contributed by atoms with Gasteiger partial charge in [0.25, 0.3) is 0 Å². The van der Waals surface area contributed by atoms with Crippen LogP contribution in [0.4, 0.5) is 0 Å². The van der Waals surface area contributed by atoms with Crippen LogP contribution in [0.3, 0.4) is 0 Å². The average Bonchev–Trinajstić information content (AvgIpc) is 2.19. The van der Waals surface area contributed by atoms with Crippen molar-refractivity contribution in [3.8, 4) is 0 Å². The first-order valence-electron chi connectivity index (χ1n) is 4.40. The molecule has 0 amide bonds. The van der Waals surface area contributed by atoms with Crippen LogP contribution >= 0.6 is 11.6 Å². The van der Waals surface area contributed by atoms with Gasteiger partial charge in [0.15, 0.2) is 0 Å². The molecule has 0 fully saturated rings. The van der Waals surface area contributed by atoms with Gasteiger partial charge in [-0.2, -0.15) is 0 Å². The van der Waals surface area contributed by atoms with E-state index in [0.29, 0.717) is 5.56 Å². The maximum Gasteiger partial charge on any atom is 0.337 e. The molecule has 2 N–H and O–H groups in total. The van der Waals surface area contributed by atoms with Gasteiger partial charge in [0, 0.05) is 0 Å². The molecular weight excluding hydrogens is 232 g/mol. The molecule has 0 bridgehead atoms. The van der Waals surface area contributed by atoms with Crippen molar-refractivity contribution in [2.75, 3.05) is 0 Å². The summed E-state index contributed by atoms with van der Waals surface area (Å²) in [5.41, 5.74) is 0.185. The highest BCUT2D eigenvalue weighted by molar-refractivity contribution is 6.34. The Morgan fingerprint density at radius 3 is 2.19 bits per heavy atom. The van der Waals surface area contributed by atoms with Crippen molar-refractivity contribution < 1.29 is 19.8 Å². The SMILES string of the molecule is C/C=C\c1cc(C(=O)O)c(Cl)cc1C(=O)O. The van der Waals surface area contributed by atoms with Gasteiger partial charge in [-0.15, -0.1) is 0 Å². The number of hydrogen-bond acceptors (Lipinski definition) is 2. The first kappa shape index (κ1) is 12.3. The van der Waals surface area contributed by atoms with E-state index < -0.39 is 11.9 Å². The summed E-state index contributed by atoms with van der Waals surface area (Å²) in [4.78, 5) is 21.7. The lowest BCUT2D eigenvalue weighted by Crippen LogP contribution is -2.04. The molecule has 84 valence electrons. The molecule has 0 atom stereocenters. The summed E-state index contributed by atoms with van der Waals surface area (Å²) in [6.07, 6.45) is 3.15. The summed E-state index contributed by atoms with van der Waals surface area (Å²) in [6.45, 7) is 1.71. The Morgan fingerprint density at radius 2 is 1.75 bits per heavy atom. The molecule has 0 aliphatic rings. The highest BCUT2D eigenvalue weighted by Gasteiger charge is 2.15. The van der Waals surface area contributed by atoms with E-state index in [4.69, 9.17) is 21.8 Å². The summed E-state index contributed by atoms with van der Waals surface area (Å²) in [5.74, 6) is -2.33. The second-order valence-electron chi connectivity index (χ2n) is 3.03. The lowest BCUT2D eigenvalue weighted by atomic mass is 10.0. The Balaban J connectivity index is 3.48. The standard InChI is InChI=1S/C11H9ClO4/c1-2-3-6-4-8(11(15)16)9(12)5-7(6)10(13)14/h2-5H,1H3,(H,13,14)(H,15,16)/b3-2-. The molecular formula is C11H9ClO4. The molecule has 16 heavy (non-hydrogen) atoms. The van der Waals surface area contributed by atoms with E-state index in [1.807, 2.05) is 0 Å². The second kappa shape index (κ2) is 4.81. The van der Waals surface area contributed by atoms with Crippen molar-refractivity contribution in [3.63, 3.8) is 0 Å². The van der Waals surface area contributed by atoms with Gasteiger partial charge < -0.3 is 10.2 Å². The lowest BCUT2D eigenvalue weighted by Gasteiger charge is -2.05. The second-order valence-corrected chi connectivity index (χ2v) is 3.44. The third-order valence-corrected chi connectivity index (χ3v) is 2.26. The van der Waals surface area contributed by atoms with Crippen LogP contribution in [-0.2, 0) is 0 Å². The zero-order valence-electron chi connectivity index (χ0n) is 8.40. The van der Waals surface area contributed by atoms with Crippen LogP contribution in [0.25, 0.3) is 6.08 Å². The number of carboxylic acids is 2. The summed E-state index contributed by atoms with van der Waals surface area (Å²) in [5, 5.41) is 17.7. The van der Waals surface area contributed by atoms with Crippen LogP contribution in [0.1, 0.15) is 33.2 Å². The molecule has 0 radical (unpaired) electrons. The van der Waals surface area contributed by atoms with Gasteiger partial charge in [-0.1, -0.05) is 23.8 Å². The predicted octanol–water partition coefficient (Wildman–Crippen LogP) is 2.77. The average molecular weight is 241 g/mol. The van der Waals surface area contributed by atoms with E-state index in [1.54, 1.807) is 13.0 Å². The van der Waals surface area contributed by atoms with Crippen LogP contribution in [-0.4, -0.2) is 22.2 Å². The number of benzene rings is 1. The molecule has 4 nitrogen and oxygen atoms in total. The molecule has 0 aromatic heterocycles. The molecule has 1 aromatic carbocycles. The van der Waals surface area contributed by atoms with Crippen LogP contribution in [0.2, 0.25) is 5.02 Å². The molecule has 0 saturated carbocycles. The highest BCUT2D eigenvalue weighted by atomic mass is 35.5. The van der Waals surface area contributed by atoms with E-state index >= 15 is 0 Å². The minimum atomic E-state index is -1.19. The summed E-state index contributed by atoms with van der Waals surface area (Å²) >= 11 is 5.67. The number of carbonyl (C=O) groups is 2. The molecule has 0 aliphatic carbocycles. The van der Waals surface area contributed by atoms with Crippen LogP contribution in [0, 0.1) is 0 Å². The Morgan fingerprint density at radius 1 is 1.19 bits per heavy atom. The molecule has 0 aliphatic heterocycles. The van der Waals surface area contributed by atoms with E-state index in [0.717, 1.165) is 6.07 Å². The molecule has 0 unspecified atom stereocenters. The molecule has 0 spiro atoms. The lowest BCUT2D eigenvalue weighted by molar-refractivity contribution is 0.0681. The van der Waals surface area contributed by atoms with Gasteiger partial charge in [-0.25, -0.2) is 9.59 Å². The Kier molecular flexibility index (Phi) is 3.68. The van der Waals surface area contributed by atoms with Crippen molar-refractivity contribution in [2.24, 2.45) is 0 Å². The van der Waals surface area contributed by atoms with Gasteiger partial charge in [-0.05, 0) is 24.6 Å². The van der Waals surface area contributed by atoms with Gasteiger partial charge >= 0.3 is 11.9 Å². The van der Waals surface area contributed by atoms with Gasteiger partial charge in [0.05, 0.1) is 16.1 Å². The van der Waals surface area contributed by atoms with Crippen LogP contribution in [0.5, 0.6) is 0 Å². The number of carboxylic acid groups (broad SMARTS) is 2. The Labute approximate surface area is 96.8 Å². The van der Waals surface area contributed by atoms with Crippen molar-refractivity contribution in [1.29, 1.82) is 0 Å². The first-order chi connectivity index (χ1) is 7.47. The van der Waals surface area contributed by atoms with Gasteiger partial charge in [-0.3, -0.25) is 0 Å². The molecule has 1 aromatic rings. The fraction of sp³-hybridized carbons (Fsp3) is 0.0909. The third-order valence-electron chi connectivity index (χ3n) is 1.95. The van der Waals surface area contributed by atoms with E-state index in [2.05, 4.69) is 0 Å². The fourth-order valence-electron chi connectivity index (χ4n) is 1.26. The highest BCUT2D eigenvalue weighted by Crippen LogP contribution is 2.23. The molecule has 0 heterocycles. The van der Waals surface area contributed by atoms with Crippen molar-refractivity contribution in [3.05, 3.63) is 39.9 Å². The van der Waals surface area contributed by atoms with E-state index in [-0.39, 0.29) is 16.1 Å². The Bertz CT molecular complexity index is 477. The van der Waals surface area contributed by atoms with Crippen LogP contribution in [0.15, 0.2) is 18.2 Å². The number of halogens is 1. The molecule has 0 saturated heterocycles. The largest absolute Gasteiger partial charge is 0.478 e. The minimum absolute atomic E-state index is 0.0203. The fourth-order valence-corrected chi connectivity index (χ4v) is 1.50. The quantitative estimate of drug-likeness (QED) is 0.852. The predicted molar refractivity (Wildman–Crippen MR) is 60.1 cm³/mol. The van der Waals surface area contributed by atoms with Gasteiger partial charge in [0.1, 0.15) is 0 Å². The maximum absolute atomic E-state index is 10.9. The zero-order valence-corrected chi connectivity index (χ0v) is 9.15. The molecule has 5 heteroatoms. The maximum atomic E-state index is 10.9. The minimum Gasteiger partial charge on any atom is -0.478 e. The number of rotatable bonds is 3. The number of aromatic carboxylic acids is 2. The van der Waals surface area contributed by atoms with Crippen molar-refractivity contribution >= 4 is 29.6 Å². The topological polar surface area (TPSA) is 74.6 Å². The third kappa shape index (κ3) is 2.41. The first-order valence-corrected chi connectivity index (χ1v) is 4.78. The van der Waals surface area contributed by atoms with Crippen molar-refractivity contribution in [2.45, 2.75) is 6.92 Å². The number of allylic oxidation sites excluding steroid dienone is 1. The monoisotopic (exact) mass is 240 g/mol. The van der Waals surface area contributed by atoms with Crippen molar-refractivity contribution in [1.82, 2.24) is 0 Å².